The summed E-state index contributed by atoms with van der Waals surface area (Å²) in [5.74, 6) is 0. The molecule has 0 amide bonds. The highest BCUT2D eigenvalue weighted by atomic mass is 16.3. The fourth-order valence-electron chi connectivity index (χ4n) is 0.908. The highest BCUT2D eigenvalue weighted by Gasteiger charge is 1.97. The van der Waals surface area contributed by atoms with E-state index in [1.165, 1.54) is 0 Å². The first-order valence-electron chi connectivity index (χ1n) is 3.85. The maximum Gasteiger partial charge on any atom is 0.0529 e. The number of nitrogens with zero attached hydrogens (tertiary/aromatic N) is 2. The van der Waals surface area contributed by atoms with Crippen molar-refractivity contribution in [2.45, 2.75) is 32.9 Å². The Kier molecular flexibility index (Phi) is 2.65. The first-order valence-corrected chi connectivity index (χ1v) is 3.85. The van der Waals surface area contributed by atoms with Gasteiger partial charge in [0.1, 0.15) is 0 Å². The minimum Gasteiger partial charge on any atom is -0.393 e. The predicted molar refractivity (Wildman–Crippen MR) is 43.3 cm³/mol. The lowest BCUT2D eigenvalue weighted by Crippen LogP contribution is -2.06. The quantitative estimate of drug-likeness (QED) is 0.704. The van der Waals surface area contributed by atoms with Gasteiger partial charge in [0.25, 0.3) is 0 Å². The lowest BCUT2D eigenvalue weighted by molar-refractivity contribution is 0.176. The lowest BCUT2D eigenvalue weighted by atomic mass is 10.3. The molecule has 0 saturated heterocycles. The Hall–Kier alpha value is -0.830. The summed E-state index contributed by atoms with van der Waals surface area (Å²) in [6.45, 7) is 4.59. The zero-order chi connectivity index (χ0) is 8.27. The van der Waals surface area contributed by atoms with Gasteiger partial charge in [-0.2, -0.15) is 5.10 Å². The molecule has 0 fully saturated rings. The van der Waals surface area contributed by atoms with Crippen LogP contribution in [0.1, 0.15) is 18.9 Å². The number of aromatic nitrogens is 2. The summed E-state index contributed by atoms with van der Waals surface area (Å²) in [6, 6.07) is 0. The van der Waals surface area contributed by atoms with Gasteiger partial charge >= 0.3 is 0 Å². The monoisotopic (exact) mass is 154 g/mol. The normalized spacial score (nSPS) is 13.4. The number of hydrogen-bond acceptors (Lipinski definition) is 2. The first kappa shape index (κ1) is 8.27. The maximum absolute atomic E-state index is 8.98. The van der Waals surface area contributed by atoms with Crippen molar-refractivity contribution in [2.75, 3.05) is 0 Å². The van der Waals surface area contributed by atoms with Crippen LogP contribution < -0.4 is 0 Å². The van der Waals surface area contributed by atoms with Crippen LogP contribution in [0.5, 0.6) is 0 Å². The minimum absolute atomic E-state index is 0.237. The van der Waals surface area contributed by atoms with E-state index < -0.39 is 0 Å². The average Bonchev–Trinajstić information content (AvgIpc) is 2.31. The van der Waals surface area contributed by atoms with Crippen LogP contribution in [0.15, 0.2) is 12.4 Å². The molecule has 1 aromatic heterocycles. The highest BCUT2D eigenvalue weighted by molar-refractivity contribution is 4.99. The van der Waals surface area contributed by atoms with Crippen molar-refractivity contribution in [1.29, 1.82) is 0 Å². The molecule has 1 heterocycles. The van der Waals surface area contributed by atoms with Crippen LogP contribution in [0, 0.1) is 6.92 Å². The van der Waals surface area contributed by atoms with Crippen LogP contribution in [-0.2, 0) is 6.54 Å². The molecule has 0 spiro atoms. The Labute approximate surface area is 66.7 Å². The molecule has 0 aromatic carbocycles. The summed E-state index contributed by atoms with van der Waals surface area (Å²) in [5.41, 5.74) is 1.16. The molecule has 0 bridgehead atoms. The van der Waals surface area contributed by atoms with Crippen molar-refractivity contribution in [3.63, 3.8) is 0 Å². The van der Waals surface area contributed by atoms with E-state index in [-0.39, 0.29) is 6.10 Å². The largest absolute Gasteiger partial charge is 0.393 e. The van der Waals surface area contributed by atoms with E-state index in [1.807, 2.05) is 24.0 Å². The zero-order valence-corrected chi connectivity index (χ0v) is 6.99. The van der Waals surface area contributed by atoms with E-state index in [4.69, 9.17) is 5.11 Å². The van der Waals surface area contributed by atoms with Gasteiger partial charge in [0.15, 0.2) is 0 Å². The third-order valence-electron chi connectivity index (χ3n) is 1.54. The van der Waals surface area contributed by atoms with Crippen LogP contribution in [-0.4, -0.2) is 21.0 Å². The van der Waals surface area contributed by atoms with Crippen molar-refractivity contribution >= 4 is 0 Å². The Morgan fingerprint density at radius 1 is 1.73 bits per heavy atom. The topological polar surface area (TPSA) is 38.0 Å². The van der Waals surface area contributed by atoms with Crippen LogP contribution in [0.4, 0.5) is 0 Å². The van der Waals surface area contributed by atoms with E-state index in [9.17, 15) is 0 Å². The van der Waals surface area contributed by atoms with Gasteiger partial charge in [-0.25, -0.2) is 0 Å². The summed E-state index contributed by atoms with van der Waals surface area (Å²) in [5, 5.41) is 13.1. The van der Waals surface area contributed by atoms with Crippen LogP contribution in [0.2, 0.25) is 0 Å². The molecule has 62 valence electrons. The van der Waals surface area contributed by atoms with Crippen molar-refractivity contribution in [3.05, 3.63) is 18.0 Å². The molecule has 11 heavy (non-hydrogen) atoms. The van der Waals surface area contributed by atoms with E-state index >= 15 is 0 Å². The minimum atomic E-state index is -0.237. The molecule has 0 aliphatic heterocycles. The molecule has 0 aliphatic rings. The molecule has 3 nitrogen and oxygen atoms in total. The zero-order valence-electron chi connectivity index (χ0n) is 6.99. The summed E-state index contributed by atoms with van der Waals surface area (Å²) in [6.07, 6.45) is 4.32. The van der Waals surface area contributed by atoms with Gasteiger partial charge in [-0.05, 0) is 25.8 Å². The first-order chi connectivity index (χ1) is 5.18. The van der Waals surface area contributed by atoms with Crippen LogP contribution >= 0.6 is 0 Å². The number of aryl methyl sites for hydroxylation is 2. The molecule has 1 aromatic rings. The van der Waals surface area contributed by atoms with Gasteiger partial charge < -0.3 is 5.11 Å². The van der Waals surface area contributed by atoms with Crippen molar-refractivity contribution in [2.24, 2.45) is 0 Å². The van der Waals surface area contributed by atoms with Gasteiger partial charge in [-0.3, -0.25) is 4.68 Å². The lowest BCUT2D eigenvalue weighted by Gasteiger charge is -2.02. The Morgan fingerprint density at radius 2 is 2.45 bits per heavy atom. The molecule has 0 unspecified atom stereocenters. The van der Waals surface area contributed by atoms with Crippen molar-refractivity contribution in [3.8, 4) is 0 Å². The van der Waals surface area contributed by atoms with Gasteiger partial charge in [0, 0.05) is 12.7 Å². The van der Waals surface area contributed by atoms with Gasteiger partial charge in [0.05, 0.1) is 12.3 Å². The van der Waals surface area contributed by atoms with Gasteiger partial charge in [-0.15, -0.1) is 0 Å². The van der Waals surface area contributed by atoms with E-state index in [2.05, 4.69) is 5.10 Å². The second-order valence-corrected chi connectivity index (χ2v) is 2.92. The van der Waals surface area contributed by atoms with Crippen LogP contribution in [0.25, 0.3) is 0 Å². The third kappa shape index (κ3) is 2.72. The van der Waals surface area contributed by atoms with Gasteiger partial charge in [-0.1, -0.05) is 0 Å². The molecule has 1 atom stereocenters. The summed E-state index contributed by atoms with van der Waals surface area (Å²) < 4.78 is 1.85. The molecule has 1 rings (SSSR count). The molecule has 3 heteroatoms. The van der Waals surface area contributed by atoms with E-state index in [0.717, 1.165) is 18.5 Å². The maximum atomic E-state index is 8.98. The second kappa shape index (κ2) is 3.53. The van der Waals surface area contributed by atoms with E-state index in [1.54, 1.807) is 6.92 Å². The van der Waals surface area contributed by atoms with Crippen molar-refractivity contribution in [1.82, 2.24) is 9.78 Å². The number of aliphatic hydroxyl groups excluding tert-OH is 1. The standard InChI is InChI=1S/C8H14N2O/c1-7-5-9-10(6-7)4-3-8(2)11/h5-6,8,11H,3-4H2,1-2H3/t8-/m0/s1. The van der Waals surface area contributed by atoms with Crippen LogP contribution in [0.3, 0.4) is 0 Å². The Bertz CT molecular complexity index is 218. The summed E-state index contributed by atoms with van der Waals surface area (Å²) in [4.78, 5) is 0. The van der Waals surface area contributed by atoms with E-state index in [0.29, 0.717) is 0 Å². The number of aliphatic hydroxyl groups is 1. The number of hydrogen-bond donors (Lipinski definition) is 1. The van der Waals surface area contributed by atoms with Crippen molar-refractivity contribution < 1.29 is 5.11 Å². The smallest absolute Gasteiger partial charge is 0.0529 e. The number of rotatable bonds is 3. The SMILES string of the molecule is Cc1cnn(CC[C@H](C)O)c1. The summed E-state index contributed by atoms with van der Waals surface area (Å²) >= 11 is 0. The molecule has 0 radical (unpaired) electrons. The average molecular weight is 154 g/mol. The predicted octanol–water partition coefficient (Wildman–Crippen LogP) is 0.962. The fourth-order valence-corrected chi connectivity index (χ4v) is 0.908. The molecular weight excluding hydrogens is 140 g/mol. The fraction of sp³-hybridized carbons (Fsp3) is 0.625. The Balaban J connectivity index is 2.39. The summed E-state index contributed by atoms with van der Waals surface area (Å²) in [7, 11) is 0. The molecule has 0 saturated carbocycles. The molecule has 0 aliphatic carbocycles. The highest BCUT2D eigenvalue weighted by Crippen LogP contribution is 1.97. The Morgan fingerprint density at radius 3 is 2.91 bits per heavy atom. The molecule has 1 N–H and O–H groups in total. The third-order valence-corrected chi connectivity index (χ3v) is 1.54. The second-order valence-electron chi connectivity index (χ2n) is 2.92. The molecular formula is C8H14N2O. The van der Waals surface area contributed by atoms with Gasteiger partial charge in [0.2, 0.25) is 0 Å².